The summed E-state index contributed by atoms with van der Waals surface area (Å²) in [6.07, 6.45) is 1.81. The molecule has 0 saturated heterocycles. The maximum atomic E-state index is 12.5. The monoisotopic (exact) mass is 354 g/mol. The number of sulfonamides is 1. The molecule has 1 aliphatic rings. The van der Waals surface area contributed by atoms with Gasteiger partial charge in [0.2, 0.25) is 0 Å². The van der Waals surface area contributed by atoms with Gasteiger partial charge in [-0.25, -0.2) is 8.42 Å². The number of amidine groups is 1. The van der Waals surface area contributed by atoms with Crippen LogP contribution in [0.2, 0.25) is 0 Å². The molecular formula is C20H22N2O2S. The number of hydrogen-bond acceptors (Lipinski definition) is 3. The van der Waals surface area contributed by atoms with Gasteiger partial charge in [0, 0.05) is 12.1 Å². The third-order valence-corrected chi connectivity index (χ3v) is 5.79. The Morgan fingerprint density at radius 1 is 0.960 bits per heavy atom. The summed E-state index contributed by atoms with van der Waals surface area (Å²) >= 11 is 0. The van der Waals surface area contributed by atoms with Gasteiger partial charge in [-0.2, -0.15) is 0 Å². The summed E-state index contributed by atoms with van der Waals surface area (Å²) in [7, 11) is -3.54. The second-order valence-corrected chi connectivity index (χ2v) is 7.86. The highest BCUT2D eigenvalue weighted by molar-refractivity contribution is 8.00. The highest BCUT2D eigenvalue weighted by atomic mass is 32.2. The van der Waals surface area contributed by atoms with Gasteiger partial charge in [-0.1, -0.05) is 60.2 Å². The van der Waals surface area contributed by atoms with Crippen LogP contribution in [0, 0.1) is 6.92 Å². The van der Waals surface area contributed by atoms with Gasteiger partial charge in [0.05, 0.1) is 0 Å². The zero-order chi connectivity index (χ0) is 17.9. The molecule has 0 saturated carbocycles. The Morgan fingerprint density at radius 2 is 1.64 bits per heavy atom. The van der Waals surface area contributed by atoms with Crippen LogP contribution in [0.3, 0.4) is 0 Å². The molecule has 3 rings (SSSR count). The molecule has 0 aliphatic carbocycles. The Morgan fingerprint density at radius 3 is 2.32 bits per heavy atom. The molecule has 0 fully saturated rings. The van der Waals surface area contributed by atoms with Gasteiger partial charge in [0.1, 0.15) is 10.7 Å². The number of rotatable bonds is 5. The van der Waals surface area contributed by atoms with Crippen LogP contribution in [-0.2, 0) is 16.4 Å². The first-order chi connectivity index (χ1) is 12.0. The van der Waals surface area contributed by atoms with E-state index in [1.165, 1.54) is 5.56 Å². The van der Waals surface area contributed by atoms with Gasteiger partial charge in [-0.3, -0.25) is 9.71 Å². The minimum absolute atomic E-state index is 0.328. The number of nitrogens with one attached hydrogen (secondary N) is 1. The van der Waals surface area contributed by atoms with Crippen LogP contribution >= 0.6 is 0 Å². The van der Waals surface area contributed by atoms with E-state index in [-0.39, 0.29) is 0 Å². The predicted molar refractivity (Wildman–Crippen MR) is 103 cm³/mol. The molecule has 0 spiro atoms. The van der Waals surface area contributed by atoms with Gasteiger partial charge in [-0.05, 0) is 37.8 Å². The first-order valence-electron chi connectivity index (χ1n) is 8.37. The van der Waals surface area contributed by atoms with Crippen molar-refractivity contribution in [1.82, 2.24) is 4.72 Å². The van der Waals surface area contributed by atoms with Crippen molar-refractivity contribution in [2.24, 2.45) is 4.99 Å². The summed E-state index contributed by atoms with van der Waals surface area (Å²) in [4.78, 5) is 4.80. The number of benzene rings is 2. The predicted octanol–water partition coefficient (Wildman–Crippen LogP) is 3.69. The number of aryl methyl sites for hydroxylation is 2. The molecule has 1 heterocycles. The molecule has 130 valence electrons. The van der Waals surface area contributed by atoms with Crippen molar-refractivity contribution in [2.45, 2.75) is 26.7 Å². The Bertz CT molecular complexity index is 912. The van der Waals surface area contributed by atoms with Crippen LogP contribution in [0.4, 0.5) is 0 Å². The molecule has 4 nitrogen and oxygen atoms in total. The molecule has 0 aromatic heterocycles. The molecule has 5 heteroatoms. The standard InChI is InChI=1S/C20H22N2O2S/c1-15-10-12-18(13-11-15)19-16(2)20(22-25(19,23)24)21-14-6-9-17-7-4-3-5-8-17/h3-5,7-8,10-13H,6,9,14H2,1-2H3,(H,21,22). The molecule has 1 aliphatic heterocycles. The Balaban J connectivity index is 1.75. The van der Waals surface area contributed by atoms with E-state index in [1.54, 1.807) is 0 Å². The lowest BCUT2D eigenvalue weighted by Gasteiger charge is -2.03. The zero-order valence-corrected chi connectivity index (χ0v) is 15.3. The number of hydrogen-bond donors (Lipinski definition) is 1. The lowest BCUT2D eigenvalue weighted by atomic mass is 10.1. The Labute approximate surface area is 149 Å². The van der Waals surface area contributed by atoms with Crippen molar-refractivity contribution < 1.29 is 8.42 Å². The van der Waals surface area contributed by atoms with Crippen molar-refractivity contribution in [3.8, 4) is 0 Å². The second-order valence-electron chi connectivity index (χ2n) is 6.25. The quantitative estimate of drug-likeness (QED) is 0.833. The van der Waals surface area contributed by atoms with Crippen molar-refractivity contribution >= 4 is 20.8 Å². The highest BCUT2D eigenvalue weighted by Gasteiger charge is 2.32. The van der Waals surface area contributed by atoms with Crippen molar-refractivity contribution in [3.05, 3.63) is 76.9 Å². The normalized spacial score (nSPS) is 17.8. The first kappa shape index (κ1) is 17.4. The summed E-state index contributed by atoms with van der Waals surface area (Å²) in [6.45, 7) is 4.38. The summed E-state index contributed by atoms with van der Waals surface area (Å²) < 4.78 is 27.5. The zero-order valence-electron chi connectivity index (χ0n) is 14.5. The number of aliphatic imine (C=N–C) groups is 1. The van der Waals surface area contributed by atoms with Crippen molar-refractivity contribution in [1.29, 1.82) is 0 Å². The molecule has 1 N–H and O–H groups in total. The van der Waals surface area contributed by atoms with E-state index in [4.69, 9.17) is 0 Å². The molecule has 25 heavy (non-hydrogen) atoms. The average Bonchev–Trinajstić information content (AvgIpc) is 2.82. The van der Waals surface area contributed by atoms with E-state index < -0.39 is 10.0 Å². The molecule has 0 unspecified atom stereocenters. The lowest BCUT2D eigenvalue weighted by Crippen LogP contribution is -2.23. The maximum absolute atomic E-state index is 12.5. The van der Waals surface area contributed by atoms with E-state index in [2.05, 4.69) is 21.8 Å². The van der Waals surface area contributed by atoms with Crippen LogP contribution in [0.15, 0.2) is 65.2 Å². The van der Waals surface area contributed by atoms with Gasteiger partial charge < -0.3 is 0 Å². The highest BCUT2D eigenvalue weighted by Crippen LogP contribution is 2.29. The van der Waals surface area contributed by atoms with E-state index in [0.717, 1.165) is 18.4 Å². The van der Waals surface area contributed by atoms with Gasteiger partial charge in [0.25, 0.3) is 10.0 Å². The molecule has 2 aromatic rings. The Kier molecular flexibility index (Phi) is 5.04. The van der Waals surface area contributed by atoms with Crippen molar-refractivity contribution in [2.75, 3.05) is 6.54 Å². The molecule has 2 aromatic carbocycles. The third kappa shape index (κ3) is 3.99. The topological polar surface area (TPSA) is 58.5 Å². The van der Waals surface area contributed by atoms with Gasteiger partial charge in [-0.15, -0.1) is 0 Å². The maximum Gasteiger partial charge on any atom is 0.264 e. The van der Waals surface area contributed by atoms with E-state index in [1.807, 2.05) is 56.3 Å². The Hall–Kier alpha value is -2.40. The summed E-state index contributed by atoms with van der Waals surface area (Å²) in [5, 5.41) is 0. The SMILES string of the molecule is CC1=C(c2ccc(C)cc2)S(=O)(=O)NC1=NCCCc1ccccc1. The first-order valence-corrected chi connectivity index (χ1v) is 9.85. The minimum Gasteiger partial charge on any atom is -0.268 e. The largest absolute Gasteiger partial charge is 0.268 e. The van der Waals surface area contributed by atoms with E-state index >= 15 is 0 Å². The minimum atomic E-state index is -3.54. The fraction of sp³-hybridized carbons (Fsp3) is 0.250. The molecule has 0 amide bonds. The number of nitrogens with zero attached hydrogens (tertiary/aromatic N) is 1. The lowest BCUT2D eigenvalue weighted by molar-refractivity contribution is 0.603. The molecule has 0 bridgehead atoms. The van der Waals surface area contributed by atoms with Crippen molar-refractivity contribution in [3.63, 3.8) is 0 Å². The molecule has 0 atom stereocenters. The fourth-order valence-corrected chi connectivity index (χ4v) is 4.43. The average molecular weight is 354 g/mol. The van der Waals surface area contributed by atoms with Crippen LogP contribution in [0.25, 0.3) is 4.91 Å². The fourth-order valence-electron chi connectivity index (χ4n) is 2.91. The smallest absolute Gasteiger partial charge is 0.264 e. The van der Waals surface area contributed by atoms with Crippen LogP contribution in [-0.4, -0.2) is 20.8 Å². The summed E-state index contributed by atoms with van der Waals surface area (Å²) in [6, 6.07) is 17.7. The second kappa shape index (κ2) is 7.23. The van der Waals surface area contributed by atoms with Gasteiger partial charge in [0.15, 0.2) is 0 Å². The van der Waals surface area contributed by atoms with Crippen LogP contribution in [0.5, 0.6) is 0 Å². The van der Waals surface area contributed by atoms with E-state index in [0.29, 0.717) is 28.4 Å². The van der Waals surface area contributed by atoms with E-state index in [9.17, 15) is 8.42 Å². The molecule has 0 radical (unpaired) electrons. The summed E-state index contributed by atoms with van der Waals surface area (Å²) in [5.74, 6) is 0.462. The third-order valence-electron chi connectivity index (χ3n) is 4.25. The van der Waals surface area contributed by atoms with Crippen LogP contribution in [0.1, 0.15) is 30.0 Å². The summed E-state index contributed by atoms with van der Waals surface area (Å²) in [5.41, 5.74) is 3.75. The van der Waals surface area contributed by atoms with Crippen LogP contribution < -0.4 is 4.72 Å². The van der Waals surface area contributed by atoms with Gasteiger partial charge >= 0.3 is 0 Å². The molecular weight excluding hydrogens is 332 g/mol.